The number of nitrogens with one attached hydrogen (secondary N) is 2. The van der Waals surface area contributed by atoms with Gasteiger partial charge in [-0.2, -0.15) is 0 Å². The van der Waals surface area contributed by atoms with Crippen molar-refractivity contribution in [1.82, 2.24) is 15.0 Å². The molecule has 0 radical (unpaired) electrons. The smallest absolute Gasteiger partial charge is 0.324 e. The summed E-state index contributed by atoms with van der Waals surface area (Å²) < 4.78 is 7.71. The third-order valence-corrected chi connectivity index (χ3v) is 3.18. The Bertz CT molecular complexity index is 279. The molecule has 2 amide bonds. The third-order valence-electron chi connectivity index (χ3n) is 1.42. The van der Waals surface area contributed by atoms with E-state index in [4.69, 9.17) is 4.42 Å². The molecule has 1 rings (SSSR count). The van der Waals surface area contributed by atoms with Crippen molar-refractivity contribution < 1.29 is 9.21 Å². The van der Waals surface area contributed by atoms with Crippen molar-refractivity contribution in [1.29, 1.82) is 0 Å². The monoisotopic (exact) mass is 247 g/mol. The molecule has 0 bridgehead atoms. The molecule has 0 aliphatic heterocycles. The van der Waals surface area contributed by atoms with Gasteiger partial charge < -0.3 is 9.73 Å². The highest BCUT2D eigenvalue weighted by Crippen LogP contribution is 2.16. The molecule has 0 aliphatic carbocycles. The topological polar surface area (TPSA) is 67.2 Å². The van der Waals surface area contributed by atoms with Gasteiger partial charge >= 0.3 is 6.03 Å². The van der Waals surface area contributed by atoms with Gasteiger partial charge in [0, 0.05) is 18.6 Å². The zero-order valence-corrected chi connectivity index (χ0v) is 9.99. The summed E-state index contributed by atoms with van der Waals surface area (Å²) >= 11 is 2.97. The minimum absolute atomic E-state index is 0.166. The van der Waals surface area contributed by atoms with Crippen molar-refractivity contribution in [2.45, 2.75) is 11.6 Å². The Hall–Kier alpha value is -0.820. The Kier molecular flexibility index (Phi) is 6.10. The third kappa shape index (κ3) is 5.58. The van der Waals surface area contributed by atoms with Gasteiger partial charge in [0.25, 0.3) is 5.22 Å². The van der Waals surface area contributed by atoms with E-state index in [-0.39, 0.29) is 6.03 Å². The number of rotatable bonds is 6. The maximum atomic E-state index is 10.8. The van der Waals surface area contributed by atoms with Crippen molar-refractivity contribution in [2.75, 3.05) is 18.6 Å². The lowest BCUT2D eigenvalue weighted by molar-refractivity contribution is 0.248. The molecule has 2 N–H and O–H groups in total. The van der Waals surface area contributed by atoms with Gasteiger partial charge in [-0.3, -0.25) is 4.72 Å². The highest BCUT2D eigenvalue weighted by atomic mass is 32.2. The first kappa shape index (κ1) is 12.3. The summed E-state index contributed by atoms with van der Waals surface area (Å²) in [7, 11) is 1.59. The number of hydrogen-bond acceptors (Lipinski definition) is 5. The molecule has 0 fully saturated rings. The predicted molar refractivity (Wildman–Crippen MR) is 61.9 cm³/mol. The molecule has 1 aromatic heterocycles. The predicted octanol–water partition coefficient (Wildman–Crippen LogP) is 1.73. The normalized spacial score (nSPS) is 9.93. The van der Waals surface area contributed by atoms with Crippen molar-refractivity contribution in [3.63, 3.8) is 0 Å². The Morgan fingerprint density at radius 2 is 2.47 bits per heavy atom. The maximum absolute atomic E-state index is 10.8. The minimum atomic E-state index is -0.166. The molecular weight excluding hydrogens is 234 g/mol. The zero-order valence-electron chi connectivity index (χ0n) is 8.36. The fraction of sp³-hybridized carbons (Fsp3) is 0.500. The van der Waals surface area contributed by atoms with Crippen LogP contribution in [0.1, 0.15) is 6.42 Å². The molecule has 84 valence electrons. The number of carbonyl (C=O) groups excluding carboxylic acids is 1. The van der Waals surface area contributed by atoms with Gasteiger partial charge in [-0.25, -0.2) is 9.78 Å². The lowest BCUT2D eigenvalue weighted by Crippen LogP contribution is -2.27. The molecule has 1 aromatic rings. The average molecular weight is 247 g/mol. The summed E-state index contributed by atoms with van der Waals surface area (Å²) in [5.74, 6) is 1.81. The van der Waals surface area contributed by atoms with Crippen LogP contribution in [0.15, 0.2) is 22.1 Å². The molecule has 5 nitrogen and oxygen atoms in total. The quantitative estimate of drug-likeness (QED) is 0.455. The summed E-state index contributed by atoms with van der Waals surface area (Å²) in [6.07, 6.45) is 4.18. The number of thioether (sulfide) groups is 1. The molecule has 0 unspecified atom stereocenters. The van der Waals surface area contributed by atoms with Crippen LogP contribution >= 0.6 is 23.7 Å². The van der Waals surface area contributed by atoms with E-state index >= 15 is 0 Å². The van der Waals surface area contributed by atoms with Crippen molar-refractivity contribution >= 4 is 29.7 Å². The Morgan fingerprint density at radius 3 is 3.13 bits per heavy atom. The van der Waals surface area contributed by atoms with Gasteiger partial charge in [0.1, 0.15) is 6.26 Å². The zero-order chi connectivity index (χ0) is 10.9. The SMILES string of the molecule is CNC(=O)NSCCCSc1ncco1. The second-order valence-electron chi connectivity index (χ2n) is 2.53. The van der Waals surface area contributed by atoms with E-state index in [1.54, 1.807) is 31.3 Å². The summed E-state index contributed by atoms with van der Waals surface area (Å²) in [6, 6.07) is -0.166. The minimum Gasteiger partial charge on any atom is -0.440 e. The van der Waals surface area contributed by atoms with Gasteiger partial charge in [-0.1, -0.05) is 11.8 Å². The molecule has 0 saturated carbocycles. The van der Waals surface area contributed by atoms with Gasteiger partial charge in [0.05, 0.1) is 6.20 Å². The van der Waals surface area contributed by atoms with E-state index in [1.807, 2.05) is 0 Å². The molecule has 0 saturated heterocycles. The largest absolute Gasteiger partial charge is 0.440 e. The number of nitrogens with zero attached hydrogens (tertiary/aromatic N) is 1. The summed E-state index contributed by atoms with van der Waals surface area (Å²) in [6.45, 7) is 0. The number of urea groups is 1. The summed E-state index contributed by atoms with van der Waals surface area (Å²) in [5, 5.41) is 3.17. The van der Waals surface area contributed by atoms with Crippen LogP contribution in [0.4, 0.5) is 4.79 Å². The van der Waals surface area contributed by atoms with Crippen LogP contribution in [0.3, 0.4) is 0 Å². The highest BCUT2D eigenvalue weighted by Gasteiger charge is 1.99. The molecule has 15 heavy (non-hydrogen) atoms. The first-order valence-corrected chi connectivity index (χ1v) is 6.42. The van der Waals surface area contributed by atoms with E-state index in [0.717, 1.165) is 17.9 Å². The summed E-state index contributed by atoms with van der Waals surface area (Å²) in [5.41, 5.74) is 0. The van der Waals surface area contributed by atoms with Crippen molar-refractivity contribution in [3.05, 3.63) is 12.5 Å². The van der Waals surface area contributed by atoms with Gasteiger partial charge in [-0.05, 0) is 18.4 Å². The Balaban J connectivity index is 1.91. The number of aromatic nitrogens is 1. The second-order valence-corrected chi connectivity index (χ2v) is 4.48. The van der Waals surface area contributed by atoms with Crippen LogP contribution in [-0.2, 0) is 0 Å². The molecular formula is C8H13N3O2S2. The molecule has 0 aliphatic rings. The van der Waals surface area contributed by atoms with E-state index in [2.05, 4.69) is 15.0 Å². The van der Waals surface area contributed by atoms with Crippen LogP contribution in [-0.4, -0.2) is 29.6 Å². The van der Waals surface area contributed by atoms with Gasteiger partial charge in [-0.15, -0.1) is 0 Å². The highest BCUT2D eigenvalue weighted by molar-refractivity contribution is 7.99. The lowest BCUT2D eigenvalue weighted by atomic mass is 10.6. The van der Waals surface area contributed by atoms with E-state index in [9.17, 15) is 4.79 Å². The first-order valence-electron chi connectivity index (χ1n) is 4.44. The summed E-state index contributed by atoms with van der Waals surface area (Å²) in [4.78, 5) is 14.7. The molecule has 7 heteroatoms. The fourth-order valence-electron chi connectivity index (χ4n) is 0.740. The van der Waals surface area contributed by atoms with Crippen LogP contribution in [0.25, 0.3) is 0 Å². The maximum Gasteiger partial charge on any atom is 0.324 e. The van der Waals surface area contributed by atoms with E-state index < -0.39 is 0 Å². The molecule has 0 spiro atoms. The lowest BCUT2D eigenvalue weighted by Gasteiger charge is -2.01. The number of hydrogen-bond donors (Lipinski definition) is 2. The molecule has 0 atom stereocenters. The van der Waals surface area contributed by atoms with Gasteiger partial charge in [0.15, 0.2) is 0 Å². The number of oxazole rings is 1. The Labute approximate surface area is 96.9 Å². The van der Waals surface area contributed by atoms with E-state index in [1.165, 1.54) is 11.9 Å². The van der Waals surface area contributed by atoms with E-state index in [0.29, 0.717) is 5.22 Å². The van der Waals surface area contributed by atoms with Crippen molar-refractivity contribution in [2.24, 2.45) is 0 Å². The number of amides is 2. The van der Waals surface area contributed by atoms with Crippen LogP contribution in [0.2, 0.25) is 0 Å². The molecule has 1 heterocycles. The van der Waals surface area contributed by atoms with Crippen LogP contribution in [0.5, 0.6) is 0 Å². The second kappa shape index (κ2) is 7.47. The fourth-order valence-corrected chi connectivity index (χ4v) is 2.27. The first-order chi connectivity index (χ1) is 7.33. The van der Waals surface area contributed by atoms with Crippen LogP contribution in [0, 0.1) is 0 Å². The standard InChI is InChI=1S/C8H13N3O2S2/c1-9-7(12)11-15-6-2-5-14-8-10-3-4-13-8/h3-4H,2,5-6H2,1H3,(H2,9,11,12). The average Bonchev–Trinajstić information content (AvgIpc) is 2.75. The van der Waals surface area contributed by atoms with Gasteiger partial charge in [0.2, 0.25) is 0 Å². The molecule has 0 aromatic carbocycles. The number of carbonyl (C=O) groups is 1. The van der Waals surface area contributed by atoms with Crippen molar-refractivity contribution in [3.8, 4) is 0 Å². The van der Waals surface area contributed by atoms with Crippen LogP contribution < -0.4 is 10.0 Å². The Morgan fingerprint density at radius 1 is 1.60 bits per heavy atom.